The van der Waals surface area contributed by atoms with Crippen molar-refractivity contribution in [3.63, 3.8) is 0 Å². The van der Waals surface area contributed by atoms with Crippen molar-refractivity contribution in [3.8, 4) is 0 Å². The summed E-state index contributed by atoms with van der Waals surface area (Å²) in [5.41, 5.74) is 3.56. The van der Waals surface area contributed by atoms with Crippen molar-refractivity contribution in [2.45, 2.75) is 84.5 Å². The van der Waals surface area contributed by atoms with Crippen LogP contribution in [0.3, 0.4) is 0 Å². The van der Waals surface area contributed by atoms with Gasteiger partial charge in [0.2, 0.25) is 8.32 Å². The van der Waals surface area contributed by atoms with E-state index < -0.39 is 8.32 Å². The van der Waals surface area contributed by atoms with E-state index in [4.69, 9.17) is 4.43 Å². The normalized spacial score (nSPS) is 25.4. The molecule has 0 fully saturated rings. The molecule has 0 spiro atoms. The third-order valence-corrected chi connectivity index (χ3v) is 11.0. The predicted molar refractivity (Wildman–Crippen MR) is 83.5 cm³/mol. The van der Waals surface area contributed by atoms with Gasteiger partial charge in [-0.25, -0.2) is 0 Å². The quantitative estimate of drug-likeness (QED) is 0.470. The Hall–Kier alpha value is -0.0831. The molecule has 0 aromatic carbocycles. The van der Waals surface area contributed by atoms with Crippen LogP contribution in [0.15, 0.2) is 11.6 Å². The molecule has 0 aromatic heterocycles. The molecule has 2 atom stereocenters. The average Bonchev–Trinajstić information content (AvgIpc) is 2.53. The molecule has 18 heavy (non-hydrogen) atoms. The maximum Gasteiger partial charge on any atom is 0.201 e. The minimum absolute atomic E-state index is 0.374. The van der Waals surface area contributed by atoms with Crippen molar-refractivity contribution < 1.29 is 4.43 Å². The molecule has 0 bridgehead atoms. The first kappa shape index (κ1) is 16.0. The molecule has 0 unspecified atom stereocenters. The van der Waals surface area contributed by atoms with Crippen LogP contribution >= 0.6 is 0 Å². The smallest absolute Gasteiger partial charge is 0.201 e. The Morgan fingerprint density at radius 2 is 1.50 bits per heavy atom. The van der Waals surface area contributed by atoms with Gasteiger partial charge in [-0.2, -0.15) is 0 Å². The van der Waals surface area contributed by atoms with E-state index in [1.165, 1.54) is 12.0 Å². The topological polar surface area (TPSA) is 9.23 Å². The summed E-state index contributed by atoms with van der Waals surface area (Å²) in [5, 5.41) is 0. The molecule has 0 saturated heterocycles. The van der Waals surface area contributed by atoms with Gasteiger partial charge in [0.1, 0.15) is 0 Å². The van der Waals surface area contributed by atoms with Gasteiger partial charge in [0.15, 0.2) is 0 Å². The van der Waals surface area contributed by atoms with Crippen LogP contribution in [-0.2, 0) is 4.43 Å². The lowest BCUT2D eigenvalue weighted by Gasteiger charge is -2.44. The highest BCUT2D eigenvalue weighted by atomic mass is 28.4. The van der Waals surface area contributed by atoms with Crippen molar-refractivity contribution in [1.82, 2.24) is 0 Å². The summed E-state index contributed by atoms with van der Waals surface area (Å²) in [6.07, 6.45) is 3.94. The van der Waals surface area contributed by atoms with Gasteiger partial charge in [0.25, 0.3) is 0 Å². The lowest BCUT2D eigenvalue weighted by Crippen LogP contribution is -2.49. The van der Waals surface area contributed by atoms with Crippen LogP contribution in [0.1, 0.15) is 61.8 Å². The molecule has 1 aliphatic rings. The van der Waals surface area contributed by atoms with Crippen LogP contribution < -0.4 is 0 Å². The van der Waals surface area contributed by atoms with E-state index in [-0.39, 0.29) is 0 Å². The molecular formula is C16H32OSi. The molecule has 0 aliphatic heterocycles. The van der Waals surface area contributed by atoms with Crippen molar-refractivity contribution in [1.29, 1.82) is 0 Å². The van der Waals surface area contributed by atoms with E-state index in [0.29, 0.717) is 28.6 Å². The SMILES string of the molecule is CC1=C[C@H](O[Si](C(C)C)(C(C)C)C(C)C)C[C@H]1C. The van der Waals surface area contributed by atoms with E-state index in [9.17, 15) is 0 Å². The zero-order valence-electron chi connectivity index (χ0n) is 13.6. The lowest BCUT2D eigenvalue weighted by molar-refractivity contribution is 0.206. The Morgan fingerprint density at radius 1 is 1.06 bits per heavy atom. The fourth-order valence-electron chi connectivity index (χ4n) is 3.81. The third kappa shape index (κ3) is 2.90. The monoisotopic (exact) mass is 268 g/mol. The Bertz CT molecular complexity index is 282. The van der Waals surface area contributed by atoms with Crippen molar-refractivity contribution in [2.24, 2.45) is 5.92 Å². The van der Waals surface area contributed by atoms with Gasteiger partial charge >= 0.3 is 0 Å². The predicted octanol–water partition coefficient (Wildman–Crippen LogP) is 5.53. The van der Waals surface area contributed by atoms with E-state index in [2.05, 4.69) is 61.5 Å². The van der Waals surface area contributed by atoms with E-state index in [1.54, 1.807) is 0 Å². The van der Waals surface area contributed by atoms with Gasteiger partial charge in [-0.05, 0) is 35.9 Å². The van der Waals surface area contributed by atoms with Crippen LogP contribution in [0, 0.1) is 5.92 Å². The largest absolute Gasteiger partial charge is 0.410 e. The summed E-state index contributed by atoms with van der Waals surface area (Å²) in [5.74, 6) is 0.702. The summed E-state index contributed by atoms with van der Waals surface area (Å²) in [7, 11) is -1.70. The molecule has 2 heteroatoms. The molecule has 1 nitrogen and oxygen atoms in total. The summed E-state index contributed by atoms with van der Waals surface area (Å²) in [4.78, 5) is 0. The first-order valence-electron chi connectivity index (χ1n) is 7.57. The molecule has 106 valence electrons. The molecule has 0 saturated carbocycles. The van der Waals surface area contributed by atoms with Crippen LogP contribution in [0.4, 0.5) is 0 Å². The van der Waals surface area contributed by atoms with Crippen LogP contribution in [0.2, 0.25) is 16.6 Å². The zero-order chi connectivity index (χ0) is 14.1. The fraction of sp³-hybridized carbons (Fsp3) is 0.875. The average molecular weight is 269 g/mol. The fourth-order valence-corrected chi connectivity index (χ4v) is 9.32. The number of allylic oxidation sites excluding steroid dienone is 1. The van der Waals surface area contributed by atoms with Gasteiger partial charge in [-0.1, -0.05) is 60.1 Å². The Morgan fingerprint density at radius 3 is 1.78 bits per heavy atom. The number of hydrogen-bond acceptors (Lipinski definition) is 1. The van der Waals surface area contributed by atoms with Crippen molar-refractivity contribution in [3.05, 3.63) is 11.6 Å². The van der Waals surface area contributed by atoms with Crippen LogP contribution in [0.25, 0.3) is 0 Å². The molecular weight excluding hydrogens is 236 g/mol. The summed E-state index contributed by atoms with van der Waals surface area (Å²) >= 11 is 0. The summed E-state index contributed by atoms with van der Waals surface area (Å²) in [6, 6.07) is 0. The second-order valence-electron chi connectivity index (χ2n) is 7.02. The minimum atomic E-state index is -1.70. The van der Waals surface area contributed by atoms with Gasteiger partial charge in [-0.3, -0.25) is 0 Å². The molecule has 0 amide bonds. The first-order chi connectivity index (χ1) is 8.21. The van der Waals surface area contributed by atoms with E-state index in [1.807, 2.05) is 0 Å². The number of hydrogen-bond donors (Lipinski definition) is 0. The van der Waals surface area contributed by atoms with Crippen molar-refractivity contribution >= 4 is 8.32 Å². The van der Waals surface area contributed by atoms with E-state index in [0.717, 1.165) is 0 Å². The molecule has 0 aromatic rings. The van der Waals surface area contributed by atoms with Gasteiger partial charge < -0.3 is 4.43 Å². The van der Waals surface area contributed by atoms with Crippen LogP contribution in [-0.4, -0.2) is 14.4 Å². The Labute approximate surface area is 115 Å². The molecule has 0 N–H and O–H groups in total. The highest BCUT2D eigenvalue weighted by Crippen LogP contribution is 2.44. The van der Waals surface area contributed by atoms with Gasteiger partial charge in [0, 0.05) is 0 Å². The standard InChI is InChI=1S/C16H32OSi/c1-11(2)18(12(3)4,13(5)6)17-16-9-14(7)15(8)10-16/h9,11-13,15-16H,10H2,1-8H3/t15-,16+/m1/s1. The highest BCUT2D eigenvalue weighted by Gasteiger charge is 2.46. The molecule has 0 radical (unpaired) electrons. The second kappa shape index (κ2) is 5.92. The minimum Gasteiger partial charge on any atom is -0.410 e. The summed E-state index contributed by atoms with van der Waals surface area (Å²) < 4.78 is 6.79. The molecule has 1 rings (SSSR count). The highest BCUT2D eigenvalue weighted by molar-refractivity contribution is 6.77. The van der Waals surface area contributed by atoms with Crippen LogP contribution in [0.5, 0.6) is 0 Å². The number of rotatable bonds is 5. The molecule has 0 heterocycles. The third-order valence-electron chi connectivity index (χ3n) is 4.87. The van der Waals surface area contributed by atoms with E-state index >= 15 is 0 Å². The van der Waals surface area contributed by atoms with Gasteiger partial charge in [0.05, 0.1) is 6.10 Å². The maximum atomic E-state index is 6.79. The first-order valence-corrected chi connectivity index (χ1v) is 9.71. The molecule has 1 aliphatic carbocycles. The zero-order valence-corrected chi connectivity index (χ0v) is 14.6. The van der Waals surface area contributed by atoms with Crippen molar-refractivity contribution in [2.75, 3.05) is 0 Å². The summed E-state index contributed by atoms with van der Waals surface area (Å²) in [6.45, 7) is 18.7. The Balaban J connectivity index is 2.93. The second-order valence-corrected chi connectivity index (χ2v) is 12.4. The lowest BCUT2D eigenvalue weighted by atomic mass is 10.1. The maximum absolute atomic E-state index is 6.79. The Kier molecular flexibility index (Phi) is 5.25. The van der Waals surface area contributed by atoms with Gasteiger partial charge in [-0.15, -0.1) is 0 Å².